The van der Waals surface area contributed by atoms with Crippen molar-refractivity contribution >= 4 is 108 Å². The van der Waals surface area contributed by atoms with E-state index in [-0.39, 0.29) is 39.3 Å². The molecule has 0 aliphatic carbocycles. The molecule has 0 radical (unpaired) electrons. The number of anilines is 3. The molecule has 0 atom stereocenters. The molecule has 25 heteroatoms. The number of rotatable bonds is 4. The third-order valence-corrected chi connectivity index (χ3v) is 5.45. The lowest BCUT2D eigenvalue weighted by atomic mass is 10.3. The normalized spacial score (nSPS) is 9.92. The monoisotopic (exact) mass is 803 g/mol. The van der Waals surface area contributed by atoms with E-state index in [2.05, 4.69) is 75.3 Å². The largest absolute Gasteiger partial charge is 0.397 e. The Kier molecular flexibility index (Phi) is 17.2. The molecule has 0 saturated carbocycles. The fourth-order valence-corrected chi connectivity index (χ4v) is 3.32. The van der Waals surface area contributed by atoms with Crippen LogP contribution >= 0.6 is 50.5 Å². The van der Waals surface area contributed by atoms with Crippen LogP contribution < -0.4 is 28.5 Å². The number of nitrogens with zero attached hydrogens (tertiary/aromatic N) is 8. The summed E-state index contributed by atoms with van der Waals surface area (Å²) < 4.78 is 9.51. The van der Waals surface area contributed by atoms with Crippen molar-refractivity contribution in [3.8, 4) is 0 Å². The number of amides is 1. The number of pyridine rings is 4. The molecule has 5 aromatic rings. The van der Waals surface area contributed by atoms with Gasteiger partial charge in [0.05, 0.1) is 51.1 Å². The van der Waals surface area contributed by atoms with Gasteiger partial charge in [-0.3, -0.25) is 34.4 Å². The van der Waals surface area contributed by atoms with Gasteiger partial charge in [0.2, 0.25) is 11.0 Å². The van der Waals surface area contributed by atoms with Crippen LogP contribution in [0.3, 0.4) is 0 Å². The van der Waals surface area contributed by atoms with Gasteiger partial charge in [-0.15, -0.1) is 0 Å². The van der Waals surface area contributed by atoms with E-state index in [0.717, 1.165) is 11.1 Å². The molecule has 20 nitrogen and oxygen atoms in total. The van der Waals surface area contributed by atoms with Gasteiger partial charge in [-0.1, -0.05) is 11.6 Å². The number of nitrogens with one attached hydrogen (secondary N) is 1. The maximum atomic E-state index is 11.1. The number of H-pyrrole nitrogens is 1. The number of hydrogen-bond acceptors (Lipinski definition) is 16. The van der Waals surface area contributed by atoms with E-state index in [1.54, 1.807) is 19.9 Å². The first-order chi connectivity index (χ1) is 23.6. The van der Waals surface area contributed by atoms with Crippen molar-refractivity contribution in [2.24, 2.45) is 10.7 Å². The lowest BCUT2D eigenvalue weighted by Crippen LogP contribution is -2.15. The van der Waals surface area contributed by atoms with Crippen LogP contribution in [0.15, 0.2) is 65.2 Å². The summed E-state index contributed by atoms with van der Waals surface area (Å²) in [5, 5.41) is 17.4. The first kappa shape index (κ1) is 43.5. The second-order valence-corrected chi connectivity index (χ2v) is 16.2. The molecule has 0 aliphatic rings. The van der Waals surface area contributed by atoms with Gasteiger partial charge in [0.1, 0.15) is 0 Å². The molecular formula is C26H26Cl4N13O7P. The number of halogens is 4. The molecule has 1 amide bonds. The standard InChI is InChI=1S/C7H6N4O.C7H7N3O2.C6H5ClN2O2.C6H8N4O.Cl3OP/c8-4-1-5-6(9-2-4)7(12)11-3-10-5;1-5-3-6(10(11)12)7(8-2)9-4-5;1-4-2-5(9(10)11)6(7)8-3-4;7-3-1-4(8)5(6(9)11)10-2-3;1-5(2,3)4/h1-3H,8H2,(H,10,11,12);3-4H,2H2,1H3;2-3H,1H3;1-2H,7-8H2,(H2,9,11);. The molecular weight excluding hydrogens is 779 g/mol. The number of primary amides is 1. The minimum absolute atomic E-state index is 0.0548. The second-order valence-electron chi connectivity index (χ2n) is 9.19. The van der Waals surface area contributed by atoms with Crippen molar-refractivity contribution in [2.75, 3.05) is 17.2 Å². The van der Waals surface area contributed by atoms with Crippen LogP contribution in [0.2, 0.25) is 5.15 Å². The molecule has 0 fully saturated rings. The number of carbonyl (C=O) groups excluding carboxylic acids is 1. The molecule has 5 aromatic heterocycles. The summed E-state index contributed by atoms with van der Waals surface area (Å²) in [6, 6.07) is 5.84. The van der Waals surface area contributed by atoms with Gasteiger partial charge in [-0.2, -0.15) is 0 Å². The average molecular weight is 805 g/mol. The summed E-state index contributed by atoms with van der Waals surface area (Å²) in [7, 11) is 0. The van der Waals surface area contributed by atoms with Crippen LogP contribution in [0, 0.1) is 34.1 Å². The highest BCUT2D eigenvalue weighted by atomic mass is 36.0. The van der Waals surface area contributed by atoms with Crippen LogP contribution in [0.1, 0.15) is 21.6 Å². The minimum atomic E-state index is -3.22. The van der Waals surface area contributed by atoms with Crippen molar-refractivity contribution in [1.82, 2.24) is 29.9 Å². The maximum absolute atomic E-state index is 11.1. The highest BCUT2D eigenvalue weighted by Gasteiger charge is 2.14. The van der Waals surface area contributed by atoms with Crippen LogP contribution in [-0.2, 0) is 4.57 Å². The van der Waals surface area contributed by atoms with E-state index in [4.69, 9.17) is 34.5 Å². The third-order valence-electron chi connectivity index (χ3n) is 5.16. The highest BCUT2D eigenvalue weighted by molar-refractivity contribution is 8.24. The first-order valence-corrected chi connectivity index (χ1v) is 17.9. The van der Waals surface area contributed by atoms with Gasteiger partial charge >= 0.3 is 16.6 Å². The van der Waals surface area contributed by atoms with Crippen molar-refractivity contribution in [2.45, 2.75) is 13.8 Å². The number of aryl methyl sites for hydroxylation is 2. The van der Waals surface area contributed by atoms with E-state index >= 15 is 0 Å². The molecule has 5 rings (SSSR count). The number of aliphatic imine (C=N–C) groups is 1. The van der Waals surface area contributed by atoms with Crippen molar-refractivity contribution in [3.63, 3.8) is 0 Å². The number of hydrogen-bond donors (Lipinski definition) is 5. The van der Waals surface area contributed by atoms with E-state index in [0.29, 0.717) is 22.4 Å². The molecule has 0 aliphatic heterocycles. The Labute approximate surface area is 306 Å². The third kappa shape index (κ3) is 16.2. The number of nitro groups is 2. The highest BCUT2D eigenvalue weighted by Crippen LogP contribution is 2.61. The number of nitrogens with two attached hydrogens (primary N) is 4. The van der Waals surface area contributed by atoms with E-state index < -0.39 is 21.0 Å². The van der Waals surface area contributed by atoms with Gasteiger partial charge in [0, 0.05) is 24.5 Å². The Morgan fingerprint density at radius 2 is 1.37 bits per heavy atom. The molecule has 270 valence electrons. The first-order valence-electron chi connectivity index (χ1n) is 13.1. The predicted octanol–water partition coefficient (Wildman–Crippen LogP) is 5.64. The van der Waals surface area contributed by atoms with Crippen LogP contribution in [0.25, 0.3) is 11.0 Å². The van der Waals surface area contributed by atoms with E-state index in [1.807, 2.05) is 0 Å². The summed E-state index contributed by atoms with van der Waals surface area (Å²) in [5.74, 6) is -0.590. The molecule has 51 heavy (non-hydrogen) atoms. The number of carbonyl (C=O) groups is 1. The van der Waals surface area contributed by atoms with Crippen LogP contribution in [0.4, 0.5) is 34.3 Å². The topological polar surface area (TPSA) is 334 Å². The predicted molar refractivity (Wildman–Crippen MR) is 197 cm³/mol. The molecule has 0 unspecified atom stereocenters. The minimum Gasteiger partial charge on any atom is -0.397 e. The summed E-state index contributed by atoms with van der Waals surface area (Å²) in [6.07, 6.45) is 7.08. The molecule has 0 spiro atoms. The van der Waals surface area contributed by atoms with Gasteiger partial charge in [-0.25, -0.2) is 29.9 Å². The number of fused-ring (bicyclic) bond motifs is 1. The Bertz CT molecular complexity index is 2140. The fraction of sp³-hybridized carbons (Fsp3) is 0.0769. The van der Waals surface area contributed by atoms with Crippen molar-refractivity contribution < 1.29 is 19.2 Å². The van der Waals surface area contributed by atoms with Crippen molar-refractivity contribution in [1.29, 1.82) is 0 Å². The zero-order valence-electron chi connectivity index (χ0n) is 26.1. The lowest BCUT2D eigenvalue weighted by molar-refractivity contribution is -0.385. The summed E-state index contributed by atoms with van der Waals surface area (Å²) in [5.41, 5.74) is 24.1. The maximum Gasteiger partial charge on any atom is 0.339 e. The quantitative estimate of drug-likeness (QED) is 0.0482. The zero-order chi connectivity index (χ0) is 39.1. The number of aromatic amines is 1. The summed E-state index contributed by atoms with van der Waals surface area (Å²) in [6.45, 7) is 6.63. The molecule has 0 saturated heterocycles. The van der Waals surface area contributed by atoms with Crippen LogP contribution in [-0.4, -0.2) is 52.4 Å². The molecule has 0 aromatic carbocycles. The smallest absolute Gasteiger partial charge is 0.339 e. The Balaban J connectivity index is 0.000000326. The molecule has 0 bridgehead atoms. The van der Waals surface area contributed by atoms with Gasteiger partial charge < -0.3 is 27.9 Å². The molecule has 9 N–H and O–H groups in total. The summed E-state index contributed by atoms with van der Waals surface area (Å²) in [4.78, 5) is 65.9. The second kappa shape index (κ2) is 20.2. The lowest BCUT2D eigenvalue weighted by Gasteiger charge is -1.99. The van der Waals surface area contributed by atoms with Gasteiger partial charge in [0.25, 0.3) is 11.5 Å². The Morgan fingerprint density at radius 1 is 0.863 bits per heavy atom. The van der Waals surface area contributed by atoms with Crippen LogP contribution in [0.5, 0.6) is 0 Å². The fourth-order valence-electron chi connectivity index (χ4n) is 3.14. The summed E-state index contributed by atoms with van der Waals surface area (Å²) >= 11 is 19.3. The molecule has 5 heterocycles. The van der Waals surface area contributed by atoms with E-state index in [9.17, 15) is 34.4 Å². The Morgan fingerprint density at radius 3 is 1.86 bits per heavy atom. The van der Waals surface area contributed by atoms with E-state index in [1.165, 1.54) is 49.3 Å². The zero-order valence-corrected chi connectivity index (χ0v) is 30.0. The Hall–Kier alpha value is -5.53. The van der Waals surface area contributed by atoms with Gasteiger partial charge in [0.15, 0.2) is 11.2 Å². The average Bonchev–Trinajstić information content (AvgIpc) is 3.02. The number of nitrogen functional groups attached to an aromatic ring is 3. The van der Waals surface area contributed by atoms with Crippen molar-refractivity contribution in [3.05, 3.63) is 108 Å². The van der Waals surface area contributed by atoms with Gasteiger partial charge in [-0.05, 0) is 77.5 Å². The number of aromatic nitrogens is 6. The SMILES string of the molecule is C=Nc1ncc(C)cc1[N+](=O)[O-].Cc1cnc(Cl)c([N+](=O)[O-])c1.NC(=O)c1ncc(N)cc1N.Nc1cnc2c(=O)[nH]cnc2c1.O=P(Cl)(Cl)Cl.